The SMILES string of the molecule is Nc1cc(/C(=N/O)C(=O)N[C@H]2Cc3cccc(C(=O)O)c3OB2O)ccn1. The van der Waals surface area contributed by atoms with Crippen molar-refractivity contribution >= 4 is 30.5 Å². The lowest BCUT2D eigenvalue weighted by atomic mass is 9.72. The summed E-state index contributed by atoms with van der Waals surface area (Å²) in [6.45, 7) is 0. The Kier molecular flexibility index (Phi) is 4.95. The number of rotatable bonds is 4. The number of carboxylic acid groups (broad SMARTS) is 1. The zero-order chi connectivity index (χ0) is 19.6. The molecular weight excluding hydrogens is 355 g/mol. The Hall–Kier alpha value is -3.60. The van der Waals surface area contributed by atoms with Crippen LogP contribution in [-0.2, 0) is 11.2 Å². The molecule has 0 fully saturated rings. The number of nitrogen functional groups attached to an aromatic ring is 1. The van der Waals surface area contributed by atoms with Crippen molar-refractivity contribution in [3.63, 3.8) is 0 Å². The van der Waals surface area contributed by atoms with Crippen molar-refractivity contribution in [1.29, 1.82) is 0 Å². The van der Waals surface area contributed by atoms with Gasteiger partial charge in [-0.05, 0) is 30.2 Å². The monoisotopic (exact) mass is 370 g/mol. The van der Waals surface area contributed by atoms with Gasteiger partial charge in [0.25, 0.3) is 5.91 Å². The number of amides is 1. The quantitative estimate of drug-likeness (QED) is 0.211. The maximum atomic E-state index is 12.5. The average molecular weight is 370 g/mol. The van der Waals surface area contributed by atoms with E-state index in [0.29, 0.717) is 5.56 Å². The number of benzene rings is 1. The molecule has 1 aliphatic heterocycles. The van der Waals surface area contributed by atoms with E-state index < -0.39 is 24.9 Å². The van der Waals surface area contributed by atoms with Crippen LogP contribution in [0.1, 0.15) is 21.5 Å². The van der Waals surface area contributed by atoms with Gasteiger partial charge in [0, 0.05) is 11.8 Å². The molecule has 11 heteroatoms. The number of pyridine rings is 1. The van der Waals surface area contributed by atoms with Crippen molar-refractivity contribution in [3.05, 3.63) is 53.2 Å². The van der Waals surface area contributed by atoms with Crippen LogP contribution >= 0.6 is 0 Å². The number of aromatic carboxylic acids is 1. The van der Waals surface area contributed by atoms with Crippen molar-refractivity contribution in [2.24, 2.45) is 5.16 Å². The molecule has 2 aromatic rings. The van der Waals surface area contributed by atoms with Crippen LogP contribution in [0.25, 0.3) is 0 Å². The maximum absolute atomic E-state index is 12.5. The lowest BCUT2D eigenvalue weighted by Gasteiger charge is -2.28. The number of anilines is 1. The minimum Gasteiger partial charge on any atom is -0.534 e. The molecule has 138 valence electrons. The summed E-state index contributed by atoms with van der Waals surface area (Å²) in [6.07, 6.45) is 1.48. The van der Waals surface area contributed by atoms with Crippen molar-refractivity contribution in [2.45, 2.75) is 12.4 Å². The molecule has 27 heavy (non-hydrogen) atoms. The highest BCUT2D eigenvalue weighted by molar-refractivity contribution is 6.50. The molecule has 10 nitrogen and oxygen atoms in total. The summed E-state index contributed by atoms with van der Waals surface area (Å²) in [7, 11) is -1.48. The first-order valence-corrected chi connectivity index (χ1v) is 7.85. The Labute approximate surface area is 153 Å². The Morgan fingerprint density at radius 3 is 2.81 bits per heavy atom. The number of hydrogen-bond acceptors (Lipinski definition) is 8. The summed E-state index contributed by atoms with van der Waals surface area (Å²) in [6, 6.07) is 7.33. The first-order chi connectivity index (χ1) is 12.9. The Balaban J connectivity index is 1.81. The second-order valence-corrected chi connectivity index (χ2v) is 5.81. The van der Waals surface area contributed by atoms with Gasteiger partial charge < -0.3 is 31.0 Å². The third kappa shape index (κ3) is 3.67. The number of aromatic nitrogens is 1. The third-order valence-electron chi connectivity index (χ3n) is 4.04. The Bertz CT molecular complexity index is 935. The van der Waals surface area contributed by atoms with Gasteiger partial charge in [0.15, 0.2) is 5.71 Å². The lowest BCUT2D eigenvalue weighted by molar-refractivity contribution is -0.115. The molecule has 2 heterocycles. The lowest BCUT2D eigenvalue weighted by Crippen LogP contribution is -2.54. The molecule has 0 bridgehead atoms. The second-order valence-electron chi connectivity index (χ2n) is 5.81. The van der Waals surface area contributed by atoms with Crippen molar-refractivity contribution in [3.8, 4) is 5.75 Å². The number of nitrogens with one attached hydrogen (secondary N) is 1. The van der Waals surface area contributed by atoms with E-state index in [1.54, 1.807) is 12.1 Å². The van der Waals surface area contributed by atoms with Gasteiger partial charge in [-0.2, -0.15) is 0 Å². The van der Waals surface area contributed by atoms with Gasteiger partial charge in [0.05, 0.1) is 11.5 Å². The molecule has 1 aromatic heterocycles. The van der Waals surface area contributed by atoms with E-state index in [1.807, 2.05) is 0 Å². The van der Waals surface area contributed by atoms with E-state index in [4.69, 9.17) is 10.4 Å². The predicted molar refractivity (Wildman–Crippen MR) is 94.6 cm³/mol. The minimum atomic E-state index is -1.48. The van der Waals surface area contributed by atoms with Crippen molar-refractivity contribution < 1.29 is 29.6 Å². The van der Waals surface area contributed by atoms with Gasteiger partial charge in [-0.1, -0.05) is 17.3 Å². The molecular formula is C16H15BN4O6. The normalized spacial score (nSPS) is 16.3. The van der Waals surface area contributed by atoms with E-state index in [2.05, 4.69) is 15.5 Å². The molecule has 0 saturated heterocycles. The second kappa shape index (κ2) is 7.34. The number of carbonyl (C=O) groups is 2. The fourth-order valence-electron chi connectivity index (χ4n) is 2.78. The van der Waals surface area contributed by atoms with Crippen LogP contribution in [-0.4, -0.2) is 51.0 Å². The van der Waals surface area contributed by atoms with Gasteiger partial charge in [-0.15, -0.1) is 0 Å². The molecule has 0 unspecified atom stereocenters. The summed E-state index contributed by atoms with van der Waals surface area (Å²) >= 11 is 0. The molecule has 0 radical (unpaired) electrons. The zero-order valence-corrected chi connectivity index (χ0v) is 13.9. The topological polar surface area (TPSA) is 167 Å². The number of carbonyl (C=O) groups excluding carboxylic acids is 1. The molecule has 1 atom stereocenters. The first-order valence-electron chi connectivity index (χ1n) is 7.85. The average Bonchev–Trinajstić information content (AvgIpc) is 2.62. The molecule has 0 saturated carbocycles. The van der Waals surface area contributed by atoms with E-state index in [-0.39, 0.29) is 34.8 Å². The summed E-state index contributed by atoms with van der Waals surface area (Å²) in [5.74, 6) is -2.65. The standard InChI is InChI=1S/C16H15BN4O6/c18-12-7-8(4-5-19-12)13(21-26)15(22)20-11-6-9-2-1-3-10(16(23)24)14(9)27-17(11)25/h1-5,7,11,25-26H,6H2,(H2,18,19)(H,20,22)(H,23,24)/b21-13-/t11-/m0/s1. The van der Waals surface area contributed by atoms with Crippen LogP contribution in [0.2, 0.25) is 0 Å². The van der Waals surface area contributed by atoms with Gasteiger partial charge in [-0.25, -0.2) is 9.78 Å². The largest absolute Gasteiger partial charge is 0.547 e. The fourth-order valence-corrected chi connectivity index (χ4v) is 2.78. The Morgan fingerprint density at radius 2 is 2.15 bits per heavy atom. The molecule has 6 N–H and O–H groups in total. The molecule has 1 aliphatic rings. The van der Waals surface area contributed by atoms with Gasteiger partial charge in [0.2, 0.25) is 0 Å². The summed E-state index contributed by atoms with van der Waals surface area (Å²) < 4.78 is 5.30. The smallest absolute Gasteiger partial charge is 0.534 e. The highest BCUT2D eigenvalue weighted by Gasteiger charge is 2.38. The number of para-hydroxylation sites is 1. The number of fused-ring (bicyclic) bond motifs is 1. The highest BCUT2D eigenvalue weighted by atomic mass is 16.5. The first kappa shape index (κ1) is 18.2. The molecule has 1 aromatic carbocycles. The summed E-state index contributed by atoms with van der Waals surface area (Å²) in [5, 5.41) is 34.1. The van der Waals surface area contributed by atoms with Crippen molar-refractivity contribution in [2.75, 3.05) is 5.73 Å². The number of nitrogens with zero attached hydrogens (tertiary/aromatic N) is 2. The summed E-state index contributed by atoms with van der Waals surface area (Å²) in [4.78, 5) is 27.5. The highest BCUT2D eigenvalue weighted by Crippen LogP contribution is 2.30. The number of nitrogens with two attached hydrogens (primary N) is 1. The van der Waals surface area contributed by atoms with Crippen LogP contribution in [0, 0.1) is 0 Å². The molecule has 1 amide bonds. The van der Waals surface area contributed by atoms with Gasteiger partial charge >= 0.3 is 13.1 Å². The fraction of sp³-hybridized carbons (Fsp3) is 0.125. The Morgan fingerprint density at radius 1 is 1.37 bits per heavy atom. The van der Waals surface area contributed by atoms with Crippen LogP contribution in [0.4, 0.5) is 5.82 Å². The molecule has 0 aliphatic carbocycles. The van der Waals surface area contributed by atoms with E-state index >= 15 is 0 Å². The zero-order valence-electron chi connectivity index (χ0n) is 13.9. The van der Waals surface area contributed by atoms with E-state index in [0.717, 1.165) is 0 Å². The minimum absolute atomic E-state index is 0.0564. The van der Waals surface area contributed by atoms with Crippen LogP contribution in [0.15, 0.2) is 41.7 Å². The van der Waals surface area contributed by atoms with Crippen LogP contribution < -0.4 is 15.7 Å². The van der Waals surface area contributed by atoms with Crippen LogP contribution in [0.5, 0.6) is 5.75 Å². The number of carboxylic acids is 1. The summed E-state index contributed by atoms with van der Waals surface area (Å²) in [5.41, 5.74) is 5.91. The molecule has 3 rings (SSSR count). The molecule has 0 spiro atoms. The van der Waals surface area contributed by atoms with Gasteiger partial charge in [-0.3, -0.25) is 4.79 Å². The van der Waals surface area contributed by atoms with E-state index in [1.165, 1.54) is 24.4 Å². The number of hydrogen-bond donors (Lipinski definition) is 5. The van der Waals surface area contributed by atoms with E-state index in [9.17, 15) is 24.9 Å². The maximum Gasteiger partial charge on any atom is 0.547 e. The predicted octanol–water partition coefficient (Wildman–Crippen LogP) is -0.320. The van der Waals surface area contributed by atoms with Gasteiger partial charge in [0.1, 0.15) is 11.6 Å². The third-order valence-corrected chi connectivity index (χ3v) is 4.04. The number of oxime groups is 1. The van der Waals surface area contributed by atoms with Crippen LogP contribution in [0.3, 0.4) is 0 Å². The van der Waals surface area contributed by atoms with Crippen molar-refractivity contribution in [1.82, 2.24) is 10.3 Å².